The van der Waals surface area contributed by atoms with Gasteiger partial charge in [0.05, 0.1) is 5.54 Å². The van der Waals surface area contributed by atoms with Gasteiger partial charge in [-0.2, -0.15) is 0 Å². The molecule has 0 aromatic rings. The standard InChI is InChI=1S/C11H20N2O/c1-9(2)12-6-7-13(10(3)14)11(8-12)4-5-11/h9H,4-8H2,1-3H3. The summed E-state index contributed by atoms with van der Waals surface area (Å²) in [6, 6.07) is 0.613. The minimum Gasteiger partial charge on any atom is -0.335 e. The molecule has 1 aliphatic carbocycles. The molecule has 0 N–H and O–H groups in total. The fraction of sp³-hybridized carbons (Fsp3) is 0.909. The third-order valence-electron chi connectivity index (χ3n) is 3.62. The zero-order valence-corrected chi connectivity index (χ0v) is 9.42. The summed E-state index contributed by atoms with van der Waals surface area (Å²) in [5, 5.41) is 0. The lowest BCUT2D eigenvalue weighted by atomic mass is 10.1. The van der Waals surface area contributed by atoms with E-state index < -0.39 is 0 Å². The molecule has 0 atom stereocenters. The van der Waals surface area contributed by atoms with Crippen molar-refractivity contribution in [1.82, 2.24) is 9.80 Å². The first-order chi connectivity index (χ1) is 6.55. The molecule has 1 aliphatic heterocycles. The van der Waals surface area contributed by atoms with Crippen molar-refractivity contribution in [2.45, 2.75) is 45.2 Å². The third-order valence-corrected chi connectivity index (χ3v) is 3.62. The summed E-state index contributed by atoms with van der Waals surface area (Å²) >= 11 is 0. The van der Waals surface area contributed by atoms with Crippen LogP contribution in [-0.4, -0.2) is 46.9 Å². The Morgan fingerprint density at radius 1 is 1.29 bits per heavy atom. The van der Waals surface area contributed by atoms with Gasteiger partial charge >= 0.3 is 0 Å². The highest BCUT2D eigenvalue weighted by molar-refractivity contribution is 5.75. The first-order valence-electron chi connectivity index (χ1n) is 5.57. The van der Waals surface area contributed by atoms with Gasteiger partial charge in [0.1, 0.15) is 0 Å². The van der Waals surface area contributed by atoms with Crippen LogP contribution < -0.4 is 0 Å². The highest BCUT2D eigenvalue weighted by Crippen LogP contribution is 2.44. The van der Waals surface area contributed by atoms with Crippen molar-refractivity contribution in [1.29, 1.82) is 0 Å². The van der Waals surface area contributed by atoms with E-state index in [-0.39, 0.29) is 11.4 Å². The Bertz CT molecular complexity index is 246. The molecule has 2 aliphatic rings. The van der Waals surface area contributed by atoms with Crippen LogP contribution in [0.5, 0.6) is 0 Å². The van der Waals surface area contributed by atoms with Gasteiger partial charge in [-0.15, -0.1) is 0 Å². The van der Waals surface area contributed by atoms with Gasteiger partial charge in [0, 0.05) is 32.6 Å². The van der Waals surface area contributed by atoms with Crippen LogP contribution in [0.4, 0.5) is 0 Å². The van der Waals surface area contributed by atoms with Crippen LogP contribution in [0, 0.1) is 0 Å². The Kier molecular flexibility index (Phi) is 2.30. The molecule has 2 rings (SSSR count). The Balaban J connectivity index is 2.06. The third kappa shape index (κ3) is 1.54. The summed E-state index contributed by atoms with van der Waals surface area (Å²) in [5.74, 6) is 0.255. The minimum atomic E-state index is 0.231. The van der Waals surface area contributed by atoms with E-state index in [0.717, 1.165) is 19.6 Å². The SMILES string of the molecule is CC(=O)N1CCN(C(C)C)CC12CC2. The van der Waals surface area contributed by atoms with Crippen molar-refractivity contribution >= 4 is 5.91 Å². The molecule has 0 aromatic carbocycles. The molecule has 1 amide bonds. The maximum Gasteiger partial charge on any atom is 0.219 e. The van der Waals surface area contributed by atoms with E-state index in [4.69, 9.17) is 0 Å². The monoisotopic (exact) mass is 196 g/mol. The van der Waals surface area contributed by atoms with Crippen LogP contribution >= 0.6 is 0 Å². The molecule has 1 saturated heterocycles. The van der Waals surface area contributed by atoms with Gasteiger partial charge in [0.15, 0.2) is 0 Å². The molecule has 3 nitrogen and oxygen atoms in total. The molecule has 80 valence electrons. The Labute approximate surface area is 86.1 Å². The molecule has 1 spiro atoms. The lowest BCUT2D eigenvalue weighted by Gasteiger charge is -2.43. The highest BCUT2D eigenvalue weighted by atomic mass is 16.2. The number of rotatable bonds is 1. The second kappa shape index (κ2) is 3.23. The number of carbonyl (C=O) groups is 1. The average molecular weight is 196 g/mol. The predicted octanol–water partition coefficient (Wildman–Crippen LogP) is 1.09. The minimum absolute atomic E-state index is 0.231. The van der Waals surface area contributed by atoms with Gasteiger partial charge in [-0.1, -0.05) is 0 Å². The number of piperazine rings is 1. The lowest BCUT2D eigenvalue weighted by molar-refractivity contribution is -0.135. The summed E-state index contributed by atoms with van der Waals surface area (Å²) in [5.41, 5.74) is 0.231. The highest BCUT2D eigenvalue weighted by Gasteiger charge is 2.52. The smallest absolute Gasteiger partial charge is 0.219 e. The van der Waals surface area contributed by atoms with Crippen molar-refractivity contribution in [3.8, 4) is 0 Å². The van der Waals surface area contributed by atoms with Gasteiger partial charge in [0.2, 0.25) is 5.91 Å². The van der Waals surface area contributed by atoms with E-state index in [9.17, 15) is 4.79 Å². The van der Waals surface area contributed by atoms with E-state index in [1.807, 2.05) is 0 Å². The summed E-state index contributed by atoms with van der Waals surface area (Å²) < 4.78 is 0. The van der Waals surface area contributed by atoms with Crippen molar-refractivity contribution in [2.24, 2.45) is 0 Å². The van der Waals surface area contributed by atoms with E-state index in [1.54, 1.807) is 6.92 Å². The molecule has 2 fully saturated rings. The molecule has 14 heavy (non-hydrogen) atoms. The Morgan fingerprint density at radius 2 is 1.93 bits per heavy atom. The van der Waals surface area contributed by atoms with E-state index >= 15 is 0 Å². The normalized spacial score (nSPS) is 25.9. The first kappa shape index (κ1) is 9.97. The van der Waals surface area contributed by atoms with Gasteiger partial charge in [-0.3, -0.25) is 9.69 Å². The number of hydrogen-bond donors (Lipinski definition) is 0. The second-order valence-corrected chi connectivity index (χ2v) is 4.96. The average Bonchev–Trinajstić information content (AvgIpc) is 2.84. The molecule has 0 unspecified atom stereocenters. The van der Waals surface area contributed by atoms with Crippen LogP contribution in [0.15, 0.2) is 0 Å². The molecule has 3 heteroatoms. The lowest BCUT2D eigenvalue weighted by Crippen LogP contribution is -2.57. The van der Waals surface area contributed by atoms with Crippen molar-refractivity contribution < 1.29 is 4.79 Å². The summed E-state index contributed by atoms with van der Waals surface area (Å²) in [6.45, 7) is 9.22. The maximum atomic E-state index is 11.4. The van der Waals surface area contributed by atoms with Crippen LogP contribution in [0.1, 0.15) is 33.6 Å². The Morgan fingerprint density at radius 3 is 2.36 bits per heavy atom. The molecule has 0 aromatic heterocycles. The van der Waals surface area contributed by atoms with Gasteiger partial charge in [-0.05, 0) is 26.7 Å². The molecular weight excluding hydrogens is 176 g/mol. The zero-order chi connectivity index (χ0) is 10.3. The van der Waals surface area contributed by atoms with Crippen LogP contribution in [-0.2, 0) is 4.79 Å². The fourth-order valence-electron chi connectivity index (χ4n) is 2.51. The fourth-order valence-corrected chi connectivity index (χ4v) is 2.51. The molecule has 1 saturated carbocycles. The summed E-state index contributed by atoms with van der Waals surface area (Å²) in [7, 11) is 0. The van der Waals surface area contributed by atoms with Gasteiger partial charge < -0.3 is 4.90 Å². The van der Waals surface area contributed by atoms with Gasteiger partial charge in [0.25, 0.3) is 0 Å². The Hall–Kier alpha value is -0.570. The molecular formula is C11H20N2O. The maximum absolute atomic E-state index is 11.4. The molecule has 1 heterocycles. The van der Waals surface area contributed by atoms with Crippen molar-refractivity contribution in [3.05, 3.63) is 0 Å². The summed E-state index contributed by atoms with van der Waals surface area (Å²) in [4.78, 5) is 16.0. The van der Waals surface area contributed by atoms with Crippen molar-refractivity contribution in [3.63, 3.8) is 0 Å². The largest absolute Gasteiger partial charge is 0.335 e. The van der Waals surface area contributed by atoms with Crippen LogP contribution in [0.3, 0.4) is 0 Å². The van der Waals surface area contributed by atoms with Crippen LogP contribution in [0.2, 0.25) is 0 Å². The quantitative estimate of drug-likeness (QED) is 0.627. The first-order valence-corrected chi connectivity index (χ1v) is 5.57. The summed E-state index contributed by atoms with van der Waals surface area (Å²) in [6.07, 6.45) is 2.41. The van der Waals surface area contributed by atoms with E-state index in [1.165, 1.54) is 12.8 Å². The van der Waals surface area contributed by atoms with Crippen LogP contribution in [0.25, 0.3) is 0 Å². The number of carbonyl (C=O) groups excluding carboxylic acids is 1. The number of hydrogen-bond acceptors (Lipinski definition) is 2. The van der Waals surface area contributed by atoms with Gasteiger partial charge in [-0.25, -0.2) is 0 Å². The number of nitrogens with zero attached hydrogens (tertiary/aromatic N) is 2. The van der Waals surface area contributed by atoms with E-state index in [2.05, 4.69) is 23.6 Å². The van der Waals surface area contributed by atoms with Crippen molar-refractivity contribution in [2.75, 3.05) is 19.6 Å². The second-order valence-electron chi connectivity index (χ2n) is 4.96. The predicted molar refractivity (Wildman–Crippen MR) is 56.1 cm³/mol. The number of amides is 1. The molecule has 0 bridgehead atoms. The zero-order valence-electron chi connectivity index (χ0n) is 9.42. The topological polar surface area (TPSA) is 23.6 Å². The van der Waals surface area contributed by atoms with E-state index in [0.29, 0.717) is 6.04 Å². The molecule has 0 radical (unpaired) electrons.